The van der Waals surface area contributed by atoms with Crippen LogP contribution in [0.25, 0.3) is 10.2 Å². The van der Waals surface area contributed by atoms with Gasteiger partial charge < -0.3 is 4.90 Å². The van der Waals surface area contributed by atoms with E-state index in [1.807, 2.05) is 34.1 Å². The number of nitrogens with zero attached hydrogens (tertiary/aromatic N) is 5. The van der Waals surface area contributed by atoms with Gasteiger partial charge in [-0.05, 0) is 24.8 Å². The van der Waals surface area contributed by atoms with Crippen molar-refractivity contribution in [3.05, 3.63) is 45.1 Å². The molecule has 3 aromatic rings. The molecular weight excluding hydrogens is 350 g/mol. The topological polar surface area (TPSA) is 73.0 Å². The Kier molecular flexibility index (Phi) is 4.36. The molecule has 3 aromatic heterocycles. The number of carbonyl (C=O) groups excluding carboxylic acids is 1. The normalized spacial score (nSPS) is 14.5. The van der Waals surface area contributed by atoms with E-state index in [4.69, 9.17) is 0 Å². The van der Waals surface area contributed by atoms with Gasteiger partial charge in [-0.15, -0.1) is 11.3 Å². The van der Waals surface area contributed by atoms with E-state index in [0.717, 1.165) is 30.0 Å². The molecule has 4 heterocycles. The van der Waals surface area contributed by atoms with Crippen molar-refractivity contribution in [2.75, 3.05) is 13.1 Å². The zero-order valence-corrected chi connectivity index (χ0v) is 15.8. The number of amides is 1. The predicted octanol–water partition coefficient (Wildman–Crippen LogP) is 2.07. The lowest BCUT2D eigenvalue weighted by molar-refractivity contribution is 0.0758. The van der Waals surface area contributed by atoms with Gasteiger partial charge in [0.1, 0.15) is 10.5 Å². The molecule has 0 aromatic carbocycles. The van der Waals surface area contributed by atoms with Crippen LogP contribution in [0.1, 0.15) is 35.2 Å². The van der Waals surface area contributed by atoms with Crippen molar-refractivity contribution in [2.45, 2.75) is 39.8 Å². The smallest absolute Gasteiger partial charge is 0.271 e. The maximum Gasteiger partial charge on any atom is 0.271 e. The maximum atomic E-state index is 13.0. The Labute approximate surface area is 154 Å². The molecule has 0 spiro atoms. The SMILES string of the molecule is CCCn1cc(C(=O)N2CCc3nc4ccsc4c(=O)n3CC2)c(C)n1. The average Bonchev–Trinajstić information content (AvgIpc) is 3.16. The van der Waals surface area contributed by atoms with Gasteiger partial charge in [0.2, 0.25) is 0 Å². The fourth-order valence-corrected chi connectivity index (χ4v) is 4.20. The average molecular weight is 371 g/mol. The summed E-state index contributed by atoms with van der Waals surface area (Å²) in [6.45, 7) is 6.28. The third kappa shape index (κ3) is 2.84. The second-order valence-corrected chi connectivity index (χ2v) is 7.47. The van der Waals surface area contributed by atoms with E-state index in [9.17, 15) is 9.59 Å². The van der Waals surface area contributed by atoms with Crippen molar-refractivity contribution >= 4 is 27.5 Å². The van der Waals surface area contributed by atoms with Gasteiger partial charge in [-0.1, -0.05) is 6.92 Å². The Morgan fingerprint density at radius 2 is 2.15 bits per heavy atom. The van der Waals surface area contributed by atoms with E-state index in [0.29, 0.717) is 36.3 Å². The number of hydrogen-bond donors (Lipinski definition) is 0. The van der Waals surface area contributed by atoms with Crippen LogP contribution in [0, 0.1) is 6.92 Å². The van der Waals surface area contributed by atoms with Crippen molar-refractivity contribution < 1.29 is 4.79 Å². The minimum Gasteiger partial charge on any atom is -0.336 e. The van der Waals surface area contributed by atoms with E-state index in [-0.39, 0.29) is 11.5 Å². The second kappa shape index (κ2) is 6.68. The highest BCUT2D eigenvalue weighted by atomic mass is 32.1. The van der Waals surface area contributed by atoms with Gasteiger partial charge in [-0.25, -0.2) is 4.98 Å². The highest BCUT2D eigenvalue weighted by Crippen LogP contribution is 2.18. The quantitative estimate of drug-likeness (QED) is 0.706. The molecule has 26 heavy (non-hydrogen) atoms. The molecule has 0 atom stereocenters. The first kappa shape index (κ1) is 17.0. The van der Waals surface area contributed by atoms with Crippen LogP contribution >= 0.6 is 11.3 Å². The molecule has 0 unspecified atom stereocenters. The van der Waals surface area contributed by atoms with E-state index < -0.39 is 0 Å². The lowest BCUT2D eigenvalue weighted by Crippen LogP contribution is -2.34. The zero-order valence-electron chi connectivity index (χ0n) is 14.9. The molecular formula is C18H21N5O2S. The number of aryl methyl sites for hydroxylation is 2. The summed E-state index contributed by atoms with van der Waals surface area (Å²) in [6, 6.07) is 1.88. The van der Waals surface area contributed by atoms with Crippen molar-refractivity contribution in [1.82, 2.24) is 24.2 Å². The molecule has 136 valence electrons. The van der Waals surface area contributed by atoms with Crippen LogP contribution in [0.4, 0.5) is 0 Å². The molecule has 0 N–H and O–H groups in total. The number of rotatable bonds is 3. The van der Waals surface area contributed by atoms with E-state index >= 15 is 0 Å². The predicted molar refractivity (Wildman–Crippen MR) is 101 cm³/mol. The van der Waals surface area contributed by atoms with Crippen LogP contribution < -0.4 is 5.56 Å². The third-order valence-electron chi connectivity index (χ3n) is 4.76. The molecule has 8 heteroatoms. The largest absolute Gasteiger partial charge is 0.336 e. The van der Waals surface area contributed by atoms with Gasteiger partial charge >= 0.3 is 0 Å². The molecule has 0 saturated carbocycles. The van der Waals surface area contributed by atoms with Crippen molar-refractivity contribution in [2.24, 2.45) is 0 Å². The molecule has 4 rings (SSSR count). The summed E-state index contributed by atoms with van der Waals surface area (Å²) >= 11 is 1.42. The Balaban J connectivity index is 1.60. The van der Waals surface area contributed by atoms with Gasteiger partial charge in [-0.2, -0.15) is 5.10 Å². The van der Waals surface area contributed by atoms with E-state index in [1.165, 1.54) is 11.3 Å². The summed E-state index contributed by atoms with van der Waals surface area (Å²) in [5.41, 5.74) is 2.15. The molecule has 0 saturated heterocycles. The second-order valence-electron chi connectivity index (χ2n) is 6.55. The Morgan fingerprint density at radius 3 is 2.96 bits per heavy atom. The van der Waals surface area contributed by atoms with Crippen molar-refractivity contribution in [3.8, 4) is 0 Å². The summed E-state index contributed by atoms with van der Waals surface area (Å²) in [5, 5.41) is 6.32. The minimum atomic E-state index is -0.0208. The molecule has 0 radical (unpaired) electrons. The van der Waals surface area contributed by atoms with Crippen molar-refractivity contribution in [1.29, 1.82) is 0 Å². The third-order valence-corrected chi connectivity index (χ3v) is 5.65. The molecule has 0 fully saturated rings. The lowest BCUT2D eigenvalue weighted by atomic mass is 10.2. The van der Waals surface area contributed by atoms with Gasteiger partial charge in [0, 0.05) is 38.8 Å². The Morgan fingerprint density at radius 1 is 1.31 bits per heavy atom. The summed E-state index contributed by atoms with van der Waals surface area (Å²) in [4.78, 5) is 32.1. The molecule has 7 nitrogen and oxygen atoms in total. The van der Waals surface area contributed by atoms with E-state index in [2.05, 4.69) is 17.0 Å². The molecule has 1 aliphatic heterocycles. The summed E-state index contributed by atoms with van der Waals surface area (Å²) in [7, 11) is 0. The van der Waals surface area contributed by atoms with Crippen LogP contribution in [0.2, 0.25) is 0 Å². The van der Waals surface area contributed by atoms with Gasteiger partial charge in [0.15, 0.2) is 0 Å². The van der Waals surface area contributed by atoms with Crippen LogP contribution in [0.5, 0.6) is 0 Å². The fraction of sp³-hybridized carbons (Fsp3) is 0.444. The number of carbonyl (C=O) groups is 1. The highest BCUT2D eigenvalue weighted by Gasteiger charge is 2.24. The molecule has 0 aliphatic carbocycles. The van der Waals surface area contributed by atoms with E-state index in [1.54, 1.807) is 4.57 Å². The monoisotopic (exact) mass is 371 g/mol. The lowest BCUT2D eigenvalue weighted by Gasteiger charge is -2.19. The van der Waals surface area contributed by atoms with Gasteiger partial charge in [0.25, 0.3) is 11.5 Å². The maximum absolute atomic E-state index is 13.0. The first-order chi connectivity index (χ1) is 12.6. The summed E-state index contributed by atoms with van der Waals surface area (Å²) in [5.74, 6) is 0.738. The first-order valence-electron chi connectivity index (χ1n) is 8.88. The van der Waals surface area contributed by atoms with Gasteiger partial charge in [-0.3, -0.25) is 18.8 Å². The first-order valence-corrected chi connectivity index (χ1v) is 9.76. The number of hydrogen-bond acceptors (Lipinski definition) is 5. The number of aromatic nitrogens is 4. The molecule has 0 bridgehead atoms. The summed E-state index contributed by atoms with van der Waals surface area (Å²) < 4.78 is 4.24. The summed E-state index contributed by atoms with van der Waals surface area (Å²) in [6.07, 6.45) is 3.38. The standard InChI is InChI=1S/C18H21N5O2S/c1-3-6-22-11-13(12(2)20-22)17(24)21-7-4-15-19-14-5-10-26-16(14)18(25)23(15)9-8-21/h5,10-11H,3-4,6-9H2,1-2H3. The Bertz CT molecular complexity index is 1030. The van der Waals surface area contributed by atoms with Gasteiger partial charge in [0.05, 0.1) is 16.8 Å². The number of fused-ring (bicyclic) bond motifs is 2. The van der Waals surface area contributed by atoms with Crippen molar-refractivity contribution in [3.63, 3.8) is 0 Å². The number of thiophene rings is 1. The molecule has 1 aliphatic rings. The van der Waals surface area contributed by atoms with Crippen LogP contribution in [0.15, 0.2) is 22.4 Å². The van der Waals surface area contributed by atoms with Crippen LogP contribution in [-0.4, -0.2) is 43.2 Å². The van der Waals surface area contributed by atoms with Crippen LogP contribution in [-0.2, 0) is 19.5 Å². The zero-order chi connectivity index (χ0) is 18.3. The fourth-order valence-electron chi connectivity index (χ4n) is 3.42. The highest BCUT2D eigenvalue weighted by molar-refractivity contribution is 7.17. The Hall–Kier alpha value is -2.48. The van der Waals surface area contributed by atoms with Crippen LogP contribution in [0.3, 0.4) is 0 Å². The minimum absolute atomic E-state index is 0.00115. The molecule has 1 amide bonds.